The van der Waals surface area contributed by atoms with Gasteiger partial charge < -0.3 is 4.98 Å². The maximum atomic E-state index is 13.9. The molecule has 2 aromatic carbocycles. The van der Waals surface area contributed by atoms with Gasteiger partial charge >= 0.3 is 0 Å². The summed E-state index contributed by atoms with van der Waals surface area (Å²) in [6.07, 6.45) is 1.49. The molecule has 0 spiro atoms. The zero-order valence-corrected chi connectivity index (χ0v) is 12.4. The first-order valence-corrected chi connectivity index (χ1v) is 6.98. The van der Waals surface area contributed by atoms with E-state index >= 15 is 0 Å². The predicted molar refractivity (Wildman–Crippen MR) is 83.7 cm³/mol. The van der Waals surface area contributed by atoms with Gasteiger partial charge in [0.1, 0.15) is 17.7 Å². The summed E-state index contributed by atoms with van der Waals surface area (Å²) in [5.41, 5.74) is 2.23. The van der Waals surface area contributed by atoms with Crippen molar-refractivity contribution in [1.82, 2.24) is 9.97 Å². The largest absolute Gasteiger partial charge is 0.337 e. The van der Waals surface area contributed by atoms with Gasteiger partial charge in [-0.3, -0.25) is 0 Å². The fraction of sp³-hybridized carbons (Fsp3) is 0. The maximum absolute atomic E-state index is 13.9. The van der Waals surface area contributed by atoms with E-state index in [1.54, 1.807) is 12.1 Å². The van der Waals surface area contributed by atoms with Crippen molar-refractivity contribution >= 4 is 38.6 Å². The number of aromatic nitrogens is 2. The van der Waals surface area contributed by atoms with Crippen LogP contribution < -0.4 is 0 Å². The number of fused-ring (bicyclic) bond motifs is 1. The Kier molecular flexibility index (Phi) is 3.55. The average molecular weight is 342 g/mol. The van der Waals surface area contributed by atoms with Gasteiger partial charge in [0.25, 0.3) is 0 Å². The van der Waals surface area contributed by atoms with Crippen molar-refractivity contribution in [1.29, 1.82) is 5.26 Å². The zero-order chi connectivity index (χ0) is 14.8. The second-order valence-corrected chi connectivity index (χ2v) is 5.35. The Labute approximate surface area is 128 Å². The Morgan fingerprint density at radius 2 is 2.10 bits per heavy atom. The third-order valence-corrected chi connectivity index (χ3v) is 3.52. The number of H-pyrrole nitrogens is 1. The minimum atomic E-state index is -0.395. The second kappa shape index (κ2) is 5.51. The highest BCUT2D eigenvalue weighted by molar-refractivity contribution is 9.10. The summed E-state index contributed by atoms with van der Waals surface area (Å²) >= 11 is 3.20. The van der Waals surface area contributed by atoms with Crippen LogP contribution in [0.4, 0.5) is 4.39 Å². The first-order valence-electron chi connectivity index (χ1n) is 6.19. The SMILES string of the molecule is N#C/C(=C\c1ccc(Br)cc1F)c1nc2ccccc2[nH]1. The van der Waals surface area contributed by atoms with Crippen molar-refractivity contribution in [3.05, 3.63) is 64.1 Å². The molecule has 5 heteroatoms. The van der Waals surface area contributed by atoms with E-state index < -0.39 is 5.82 Å². The molecule has 0 aliphatic carbocycles. The van der Waals surface area contributed by atoms with Crippen molar-refractivity contribution in [2.75, 3.05) is 0 Å². The summed E-state index contributed by atoms with van der Waals surface area (Å²) < 4.78 is 14.5. The maximum Gasteiger partial charge on any atom is 0.149 e. The van der Waals surface area contributed by atoms with E-state index in [4.69, 9.17) is 0 Å². The smallest absolute Gasteiger partial charge is 0.149 e. The number of benzene rings is 2. The van der Waals surface area contributed by atoms with E-state index in [-0.39, 0.29) is 5.57 Å². The van der Waals surface area contributed by atoms with Crippen LogP contribution in [0, 0.1) is 17.1 Å². The van der Waals surface area contributed by atoms with Gasteiger partial charge in [0.15, 0.2) is 0 Å². The Balaban J connectivity index is 2.09. The molecule has 1 aromatic heterocycles. The van der Waals surface area contributed by atoms with Crippen LogP contribution in [0.1, 0.15) is 11.4 Å². The quantitative estimate of drug-likeness (QED) is 0.696. The van der Waals surface area contributed by atoms with E-state index in [1.807, 2.05) is 24.3 Å². The van der Waals surface area contributed by atoms with Crippen LogP contribution in [0.3, 0.4) is 0 Å². The summed E-state index contributed by atoms with van der Waals surface area (Å²) in [5, 5.41) is 9.30. The van der Waals surface area contributed by atoms with E-state index in [2.05, 4.69) is 32.0 Å². The number of nitrogens with one attached hydrogen (secondary N) is 1. The number of para-hydroxylation sites is 2. The molecule has 3 rings (SSSR count). The lowest BCUT2D eigenvalue weighted by atomic mass is 10.1. The summed E-state index contributed by atoms with van der Waals surface area (Å²) in [7, 11) is 0. The number of nitriles is 1. The lowest BCUT2D eigenvalue weighted by Crippen LogP contribution is -1.87. The van der Waals surface area contributed by atoms with Crippen LogP contribution in [0.2, 0.25) is 0 Å². The van der Waals surface area contributed by atoms with Crippen molar-refractivity contribution in [2.45, 2.75) is 0 Å². The molecule has 0 unspecified atom stereocenters. The molecule has 102 valence electrons. The van der Waals surface area contributed by atoms with Crippen molar-refractivity contribution < 1.29 is 4.39 Å². The summed E-state index contributed by atoms with van der Waals surface area (Å²) in [5.74, 6) is 0.0363. The standard InChI is InChI=1S/C16H9BrFN3/c17-12-6-5-10(13(18)8-12)7-11(9-19)16-20-14-3-1-2-4-15(14)21-16/h1-8H,(H,20,21)/b11-7+. The van der Waals surface area contributed by atoms with Crippen LogP contribution in [0.15, 0.2) is 46.9 Å². The number of hydrogen-bond acceptors (Lipinski definition) is 2. The molecule has 21 heavy (non-hydrogen) atoms. The monoisotopic (exact) mass is 341 g/mol. The molecule has 0 bridgehead atoms. The summed E-state index contributed by atoms with van der Waals surface area (Å²) in [4.78, 5) is 7.41. The van der Waals surface area contributed by atoms with Gasteiger partial charge in [0.2, 0.25) is 0 Å². The van der Waals surface area contributed by atoms with Crippen LogP contribution >= 0.6 is 15.9 Å². The number of nitrogens with zero attached hydrogens (tertiary/aromatic N) is 2. The Hall–Kier alpha value is -2.45. The molecule has 1 N–H and O–H groups in total. The molecular weight excluding hydrogens is 333 g/mol. The van der Waals surface area contributed by atoms with Gasteiger partial charge in [-0.25, -0.2) is 9.37 Å². The number of rotatable bonds is 2. The molecule has 0 atom stereocenters. The number of halogens is 2. The molecule has 3 nitrogen and oxygen atoms in total. The predicted octanol–water partition coefficient (Wildman–Crippen LogP) is 4.53. The zero-order valence-electron chi connectivity index (χ0n) is 10.8. The fourth-order valence-electron chi connectivity index (χ4n) is 2.01. The van der Waals surface area contributed by atoms with E-state index in [1.165, 1.54) is 12.1 Å². The van der Waals surface area contributed by atoms with Crippen molar-refractivity contribution in [2.24, 2.45) is 0 Å². The molecular formula is C16H9BrFN3. The van der Waals surface area contributed by atoms with E-state index in [0.717, 1.165) is 11.0 Å². The van der Waals surface area contributed by atoms with Gasteiger partial charge in [-0.2, -0.15) is 5.26 Å². The molecule has 1 heterocycles. The fourth-order valence-corrected chi connectivity index (χ4v) is 2.34. The Morgan fingerprint density at radius 1 is 1.29 bits per heavy atom. The molecule has 0 aliphatic heterocycles. The third kappa shape index (κ3) is 2.71. The molecule has 0 amide bonds. The first kappa shape index (κ1) is 13.5. The highest BCUT2D eigenvalue weighted by Gasteiger charge is 2.09. The lowest BCUT2D eigenvalue weighted by molar-refractivity contribution is 0.624. The topological polar surface area (TPSA) is 52.5 Å². The van der Waals surface area contributed by atoms with Crippen molar-refractivity contribution in [3.63, 3.8) is 0 Å². The minimum Gasteiger partial charge on any atom is -0.337 e. The minimum absolute atomic E-state index is 0.285. The highest BCUT2D eigenvalue weighted by atomic mass is 79.9. The molecule has 3 aromatic rings. The molecule has 0 aliphatic rings. The second-order valence-electron chi connectivity index (χ2n) is 4.44. The van der Waals surface area contributed by atoms with Crippen LogP contribution in [-0.2, 0) is 0 Å². The number of allylic oxidation sites excluding steroid dienone is 1. The number of hydrogen-bond donors (Lipinski definition) is 1. The number of aromatic amines is 1. The van der Waals surface area contributed by atoms with E-state index in [9.17, 15) is 9.65 Å². The van der Waals surface area contributed by atoms with E-state index in [0.29, 0.717) is 15.9 Å². The van der Waals surface area contributed by atoms with Gasteiger partial charge in [0, 0.05) is 10.0 Å². The van der Waals surface area contributed by atoms with Gasteiger partial charge in [-0.1, -0.05) is 34.1 Å². The molecule has 0 saturated carbocycles. The van der Waals surface area contributed by atoms with Gasteiger partial charge in [-0.05, 0) is 30.3 Å². The lowest BCUT2D eigenvalue weighted by Gasteiger charge is -1.99. The van der Waals surface area contributed by atoms with Crippen LogP contribution in [0.25, 0.3) is 22.7 Å². The first-order chi connectivity index (χ1) is 10.2. The highest BCUT2D eigenvalue weighted by Crippen LogP contribution is 2.22. The van der Waals surface area contributed by atoms with Gasteiger partial charge in [-0.15, -0.1) is 0 Å². The summed E-state index contributed by atoms with van der Waals surface area (Å²) in [6, 6.07) is 14.2. The van der Waals surface area contributed by atoms with Crippen LogP contribution in [-0.4, -0.2) is 9.97 Å². The molecule has 0 saturated heterocycles. The Morgan fingerprint density at radius 3 is 2.81 bits per heavy atom. The average Bonchev–Trinajstić information content (AvgIpc) is 2.90. The van der Waals surface area contributed by atoms with Crippen molar-refractivity contribution in [3.8, 4) is 6.07 Å². The normalized spacial score (nSPS) is 11.6. The molecule has 0 radical (unpaired) electrons. The summed E-state index contributed by atoms with van der Waals surface area (Å²) in [6.45, 7) is 0. The number of imidazole rings is 1. The van der Waals surface area contributed by atoms with Crippen LogP contribution in [0.5, 0.6) is 0 Å². The third-order valence-electron chi connectivity index (χ3n) is 3.03. The molecule has 0 fully saturated rings. The Bertz CT molecular complexity index is 857. The van der Waals surface area contributed by atoms with Gasteiger partial charge in [0.05, 0.1) is 16.6 Å².